The van der Waals surface area contributed by atoms with Gasteiger partial charge in [-0.3, -0.25) is 9.59 Å². The average molecular weight is 1360 g/mol. The number of Topliss-reactive ketones (excluding diaryl/α,β-unsaturated/α-hetero) is 1. The summed E-state index contributed by atoms with van der Waals surface area (Å²) >= 11 is 26.0. The number of likely N-dealkylation sites (N-methyl/N-ethyl adjacent to an activating group) is 2. The lowest BCUT2D eigenvalue weighted by Gasteiger charge is -2.33. The number of amides is 1. The van der Waals surface area contributed by atoms with Crippen molar-refractivity contribution < 1.29 is 72.6 Å². The van der Waals surface area contributed by atoms with Crippen LogP contribution in [0.3, 0.4) is 0 Å². The molecule has 0 unspecified atom stereocenters. The van der Waals surface area contributed by atoms with Crippen LogP contribution in [-0.2, 0) is 78.4 Å². The molecule has 0 aliphatic carbocycles. The van der Waals surface area contributed by atoms with E-state index in [1.54, 1.807) is 21.5 Å². The van der Waals surface area contributed by atoms with Crippen LogP contribution in [-0.4, -0.2) is 249 Å². The van der Waals surface area contributed by atoms with Gasteiger partial charge < -0.3 is 78.2 Å². The molecule has 2 aliphatic rings. The van der Waals surface area contributed by atoms with Crippen LogP contribution in [0.2, 0.25) is 20.1 Å². The Morgan fingerprint density at radius 3 is 1.32 bits per heavy atom. The summed E-state index contributed by atoms with van der Waals surface area (Å²) in [6, 6.07) is 24.3. The first-order valence-electron chi connectivity index (χ1n) is 30.7. The van der Waals surface area contributed by atoms with Gasteiger partial charge in [0.25, 0.3) is 5.91 Å². The topological polar surface area (TPSA) is 278 Å². The summed E-state index contributed by atoms with van der Waals surface area (Å²) in [5, 5.41) is 63.7. The molecule has 2 aromatic heterocycles. The molecular weight excluding hydrogens is 1280 g/mol. The maximum Gasteiger partial charge on any atom is 0.251 e. The second-order valence-electron chi connectivity index (χ2n) is 22.3. The van der Waals surface area contributed by atoms with Gasteiger partial charge in [0, 0.05) is 82.2 Å². The lowest BCUT2D eigenvalue weighted by Crippen LogP contribution is -2.53. The van der Waals surface area contributed by atoms with Crippen LogP contribution >= 0.6 is 46.4 Å². The largest absolute Gasteiger partial charge is 0.387 e. The van der Waals surface area contributed by atoms with Crippen molar-refractivity contribution in [3.05, 3.63) is 139 Å². The van der Waals surface area contributed by atoms with E-state index in [4.69, 9.17) is 89.0 Å². The molecule has 6 aromatic rings. The number of aromatic nitrogens is 6. The maximum atomic E-state index is 12.5. The Hall–Kier alpha value is -5.14. The number of fused-ring (bicyclic) bond motifs is 2. The molecule has 0 saturated heterocycles. The van der Waals surface area contributed by atoms with Gasteiger partial charge in [0.05, 0.1) is 144 Å². The van der Waals surface area contributed by atoms with Crippen LogP contribution in [0.1, 0.15) is 51.6 Å². The Kier molecular flexibility index (Phi) is 30.4. The summed E-state index contributed by atoms with van der Waals surface area (Å²) in [6.45, 7) is 9.49. The fraction of sp³-hybridized carbons (Fsp3) is 0.531. The van der Waals surface area contributed by atoms with Crippen LogP contribution in [0.5, 0.6) is 0 Å². The number of benzene rings is 4. The molecule has 4 aromatic carbocycles. The van der Waals surface area contributed by atoms with Crippen molar-refractivity contribution in [2.24, 2.45) is 0 Å². The van der Waals surface area contributed by atoms with Gasteiger partial charge in [-0.05, 0) is 83.9 Å². The predicted octanol–water partition coefficient (Wildman–Crippen LogP) is 5.34. The monoisotopic (exact) mass is 1360 g/mol. The molecule has 2 aliphatic heterocycles. The molecule has 24 nitrogen and oxygen atoms in total. The van der Waals surface area contributed by atoms with E-state index >= 15 is 0 Å². The van der Waals surface area contributed by atoms with Crippen LogP contribution in [0.15, 0.2) is 85.2 Å². The zero-order valence-electron chi connectivity index (χ0n) is 51.8. The molecule has 92 heavy (non-hydrogen) atoms. The number of ether oxygens (including phenoxy) is 9. The third-order valence-electron chi connectivity index (χ3n) is 15.4. The molecule has 0 bridgehead atoms. The fourth-order valence-electron chi connectivity index (χ4n) is 10.6. The molecule has 0 radical (unpaired) electrons. The quantitative estimate of drug-likeness (QED) is 0.0303. The lowest BCUT2D eigenvalue weighted by molar-refractivity contribution is -0.155. The number of nitrogens with zero attached hydrogens (tertiary/aromatic N) is 8. The van der Waals surface area contributed by atoms with E-state index in [0.717, 1.165) is 82.1 Å². The average Bonchev–Trinajstić information content (AvgIpc) is 1.08. The van der Waals surface area contributed by atoms with E-state index in [0.29, 0.717) is 112 Å². The Morgan fingerprint density at radius 1 is 0.511 bits per heavy atom. The summed E-state index contributed by atoms with van der Waals surface area (Å²) in [6.07, 6.45) is -4.99. The highest BCUT2D eigenvalue weighted by molar-refractivity contribution is 6.35. The number of carbonyl (C=O) groups is 2. The molecule has 4 heterocycles. The van der Waals surface area contributed by atoms with Crippen molar-refractivity contribution in [3.63, 3.8) is 0 Å². The molecule has 0 spiro atoms. The standard InChI is InChI=1S/C64H83Cl4N9O15/c1-74-37-51(49-33-47(65)35-55(67)53(49)39-74)43-5-3-7-45(31-43)57-41-76(72-70-57)11-15-86-19-23-90-27-26-89-22-18-85-14-10-69-64(83)63(82)62(81)61(80)60(79)59(78)9-13-84-17-21-88-25-29-92-30-28-91-24-20-87-16-12-77-42-58(71-73-77)46-8-4-6-44(32-46)52-38-75(2)40-54-50(52)34-48(66)36-56(54)68/h3-8,31-36,41-42,51-52,60-63,79-82H,9-30,37-40H2,1-2H3,(H,69,83)/t51-,52-,60+,61-,62-,63+/m0/s1. The molecule has 6 atom stereocenters. The minimum atomic E-state index is -2.15. The number of rotatable bonds is 42. The van der Waals surface area contributed by atoms with E-state index in [9.17, 15) is 30.0 Å². The van der Waals surface area contributed by atoms with E-state index in [1.165, 1.54) is 0 Å². The molecule has 0 fully saturated rings. The highest BCUT2D eigenvalue weighted by atomic mass is 35.5. The Bertz CT molecular complexity index is 3240. The number of hydrogen-bond acceptors (Lipinski definition) is 21. The van der Waals surface area contributed by atoms with E-state index in [-0.39, 0.29) is 64.4 Å². The van der Waals surface area contributed by atoms with Crippen LogP contribution in [0.4, 0.5) is 0 Å². The minimum Gasteiger partial charge on any atom is -0.387 e. The van der Waals surface area contributed by atoms with E-state index in [2.05, 4.69) is 74.1 Å². The molecule has 1 amide bonds. The van der Waals surface area contributed by atoms with Gasteiger partial charge in [0.15, 0.2) is 11.9 Å². The molecular formula is C64H83Cl4N9O15. The SMILES string of the molecule is CN1Cc2c(Cl)cc(Cl)cc2[C@H](c2cccc(-c3cn(CCOCCOCCOCCOCCNC(=O)[C@H](O)[C@@H](O)[C@@H](O)[C@H](O)C(=O)CCOCCOCCOCCOCCOCCn4cc(-c5cccc([C@@H]6CN(C)Cc7c(Cl)cc(Cl)cc76)c5)nn4)nn3)c2)C1. The number of nitrogens with one attached hydrogen (secondary N) is 1. The van der Waals surface area contributed by atoms with Crippen molar-refractivity contribution in [2.45, 2.75) is 68.9 Å². The minimum absolute atomic E-state index is 0.0325. The number of carbonyl (C=O) groups excluding carboxylic acids is 2. The second kappa shape index (κ2) is 38.4. The predicted molar refractivity (Wildman–Crippen MR) is 344 cm³/mol. The maximum absolute atomic E-state index is 12.5. The van der Waals surface area contributed by atoms with Crippen LogP contribution < -0.4 is 5.32 Å². The van der Waals surface area contributed by atoms with Gasteiger partial charge in [-0.1, -0.05) is 93.2 Å². The highest BCUT2D eigenvalue weighted by Gasteiger charge is 2.37. The zero-order chi connectivity index (χ0) is 65.2. The van der Waals surface area contributed by atoms with Gasteiger partial charge >= 0.3 is 0 Å². The van der Waals surface area contributed by atoms with E-state index < -0.39 is 36.1 Å². The molecule has 0 saturated carbocycles. The number of ketones is 1. The van der Waals surface area contributed by atoms with Gasteiger partial charge in [0.1, 0.15) is 29.7 Å². The first-order chi connectivity index (χ1) is 44.6. The first kappa shape index (κ1) is 72.7. The molecule has 502 valence electrons. The van der Waals surface area contributed by atoms with Crippen molar-refractivity contribution >= 4 is 58.1 Å². The Balaban J connectivity index is 0.554. The van der Waals surface area contributed by atoms with Gasteiger partial charge in [-0.25, -0.2) is 9.36 Å². The van der Waals surface area contributed by atoms with Gasteiger partial charge in [0.2, 0.25) is 0 Å². The second-order valence-corrected chi connectivity index (χ2v) is 24.0. The number of aliphatic hydroxyl groups is 4. The first-order valence-corrected chi connectivity index (χ1v) is 32.2. The number of halogens is 4. The van der Waals surface area contributed by atoms with Gasteiger partial charge in [-0.15, -0.1) is 10.2 Å². The smallest absolute Gasteiger partial charge is 0.251 e. The van der Waals surface area contributed by atoms with Crippen LogP contribution in [0.25, 0.3) is 22.5 Å². The molecule has 28 heteroatoms. The summed E-state index contributed by atoms with van der Waals surface area (Å²) in [5.74, 6) is -1.65. The summed E-state index contributed by atoms with van der Waals surface area (Å²) in [5.41, 5.74) is 10.3. The Labute approximate surface area is 555 Å². The molecule has 8 rings (SSSR count). The van der Waals surface area contributed by atoms with E-state index in [1.807, 2.05) is 48.8 Å². The third kappa shape index (κ3) is 22.5. The van der Waals surface area contributed by atoms with Gasteiger partial charge in [-0.2, -0.15) is 0 Å². The highest BCUT2D eigenvalue weighted by Crippen LogP contribution is 2.41. The van der Waals surface area contributed by atoms with Crippen molar-refractivity contribution in [1.82, 2.24) is 45.1 Å². The van der Waals surface area contributed by atoms with Crippen molar-refractivity contribution in [3.8, 4) is 22.5 Å². The molecule has 5 N–H and O–H groups in total. The fourth-order valence-corrected chi connectivity index (χ4v) is 11.8. The normalized spacial score (nSPS) is 16.5. The summed E-state index contributed by atoms with van der Waals surface area (Å²) < 4.78 is 53.5. The lowest BCUT2D eigenvalue weighted by atomic mass is 9.84. The zero-order valence-corrected chi connectivity index (χ0v) is 54.8. The van der Waals surface area contributed by atoms with Crippen molar-refractivity contribution in [2.75, 3.05) is 153 Å². The third-order valence-corrected chi connectivity index (χ3v) is 16.5. The number of hydrogen-bond donors (Lipinski definition) is 5. The summed E-state index contributed by atoms with van der Waals surface area (Å²) in [7, 11) is 4.18. The van der Waals surface area contributed by atoms with Crippen molar-refractivity contribution in [1.29, 1.82) is 0 Å². The number of aliphatic hydroxyl groups excluding tert-OH is 4. The Morgan fingerprint density at radius 2 is 0.891 bits per heavy atom. The van der Waals surface area contributed by atoms with Crippen LogP contribution in [0, 0.1) is 0 Å². The summed E-state index contributed by atoms with van der Waals surface area (Å²) in [4.78, 5) is 29.4.